The van der Waals surface area contributed by atoms with Crippen molar-refractivity contribution in [3.63, 3.8) is 0 Å². The predicted octanol–water partition coefficient (Wildman–Crippen LogP) is -4.36. The van der Waals surface area contributed by atoms with Crippen LogP contribution in [0.25, 0.3) is 0 Å². The largest absolute Gasteiger partial charge is 2.00 e. The number of halogens is 2. The molecule has 23 heavy (non-hydrogen) atoms. The molecule has 0 saturated carbocycles. The molecule has 0 aliphatic heterocycles. The molecule has 0 unspecified atom stereocenters. The van der Waals surface area contributed by atoms with Crippen LogP contribution in [-0.4, -0.2) is 40.8 Å². The average molecular weight is 450 g/mol. The van der Waals surface area contributed by atoms with E-state index in [1.54, 1.807) is 49.6 Å². The summed E-state index contributed by atoms with van der Waals surface area (Å²) in [6.07, 6.45) is 13.8. The number of aromatic amines is 4. The fourth-order valence-corrected chi connectivity index (χ4v) is 0.861. The Labute approximate surface area is 159 Å². The summed E-state index contributed by atoms with van der Waals surface area (Å²) >= 11 is 0. The number of hydrogen-bond acceptors (Lipinski definition) is 4. The van der Waals surface area contributed by atoms with Gasteiger partial charge in [0.15, 0.2) is 0 Å². The summed E-state index contributed by atoms with van der Waals surface area (Å²) in [4.78, 5) is 0. The third-order valence-electron chi connectivity index (χ3n) is 1.62. The minimum Gasteiger partial charge on any atom is -1.00 e. The quantitative estimate of drug-likeness (QED) is 0.203. The molecule has 8 nitrogen and oxygen atoms in total. The molecule has 0 fully saturated rings. The van der Waals surface area contributed by atoms with Crippen molar-refractivity contribution in [2.24, 2.45) is 0 Å². The second-order valence-electron chi connectivity index (χ2n) is 3.07. The van der Waals surface area contributed by atoms with Gasteiger partial charge in [0.2, 0.25) is 0 Å². The standard InChI is InChI=1S/4C3H4N2.2ClH.Pd/c4*1-2-4-5-3-1;;;/h4*1-3H,(H,4,5);2*1H;/q;;;;;;+2/p-2. The molecule has 0 radical (unpaired) electrons. The first-order valence-electron chi connectivity index (χ1n) is 5.75. The Morgan fingerprint density at radius 1 is 0.435 bits per heavy atom. The molecule has 0 aliphatic carbocycles. The molecule has 0 amide bonds. The molecule has 4 aromatic heterocycles. The molecule has 4 N–H and O–H groups in total. The number of rotatable bonds is 0. The van der Waals surface area contributed by atoms with E-state index in [-0.39, 0.29) is 45.2 Å². The van der Waals surface area contributed by atoms with Crippen molar-refractivity contribution in [2.75, 3.05) is 0 Å². The zero-order valence-corrected chi connectivity index (χ0v) is 14.9. The van der Waals surface area contributed by atoms with Gasteiger partial charge in [-0.05, 0) is 24.3 Å². The second-order valence-corrected chi connectivity index (χ2v) is 3.07. The van der Waals surface area contributed by atoms with E-state index >= 15 is 0 Å². The minimum absolute atomic E-state index is 0. The van der Waals surface area contributed by atoms with Crippen molar-refractivity contribution in [1.29, 1.82) is 0 Å². The smallest absolute Gasteiger partial charge is 1.00 e. The maximum absolute atomic E-state index is 3.60. The molecular formula is C12H16Cl2N8Pd. The van der Waals surface area contributed by atoms with Crippen molar-refractivity contribution in [1.82, 2.24) is 40.8 Å². The van der Waals surface area contributed by atoms with Gasteiger partial charge < -0.3 is 24.8 Å². The summed E-state index contributed by atoms with van der Waals surface area (Å²) in [5.41, 5.74) is 0. The topological polar surface area (TPSA) is 115 Å². The molecule has 11 heteroatoms. The number of hydrogen-bond donors (Lipinski definition) is 4. The summed E-state index contributed by atoms with van der Waals surface area (Å²) in [6.45, 7) is 0. The SMILES string of the molecule is [Cl-].[Cl-].[Pd+2].c1cn[nH]c1.c1cn[nH]c1.c1cn[nH]c1.c1cn[nH]c1. The Morgan fingerprint density at radius 2 is 0.652 bits per heavy atom. The number of aromatic nitrogens is 8. The van der Waals surface area contributed by atoms with E-state index in [1.807, 2.05) is 24.3 Å². The molecule has 4 heterocycles. The second kappa shape index (κ2) is 22.4. The van der Waals surface area contributed by atoms with Crippen LogP contribution < -0.4 is 24.8 Å². The summed E-state index contributed by atoms with van der Waals surface area (Å²) in [6, 6.07) is 7.33. The Bertz CT molecular complexity index is 366. The van der Waals surface area contributed by atoms with E-state index in [0.717, 1.165) is 0 Å². The van der Waals surface area contributed by atoms with Crippen LogP contribution in [0.2, 0.25) is 0 Å². The zero-order valence-electron chi connectivity index (χ0n) is 11.8. The monoisotopic (exact) mass is 448 g/mol. The van der Waals surface area contributed by atoms with Crippen molar-refractivity contribution in [2.45, 2.75) is 0 Å². The van der Waals surface area contributed by atoms with Crippen LogP contribution in [0.15, 0.2) is 73.8 Å². The Hall–Kier alpha value is -1.92. The fourth-order valence-electron chi connectivity index (χ4n) is 0.861. The Morgan fingerprint density at radius 3 is 0.696 bits per heavy atom. The van der Waals surface area contributed by atoms with Gasteiger partial charge in [0.25, 0.3) is 0 Å². The van der Waals surface area contributed by atoms with Gasteiger partial charge in [0.05, 0.1) is 0 Å². The van der Waals surface area contributed by atoms with Gasteiger partial charge in [-0.15, -0.1) is 0 Å². The van der Waals surface area contributed by atoms with Gasteiger partial charge >= 0.3 is 20.4 Å². The molecule has 0 aliphatic rings. The first-order valence-corrected chi connectivity index (χ1v) is 5.75. The first-order chi connectivity index (χ1) is 10.0. The summed E-state index contributed by atoms with van der Waals surface area (Å²) in [7, 11) is 0. The summed E-state index contributed by atoms with van der Waals surface area (Å²) in [5, 5.41) is 24.8. The molecule has 0 bridgehead atoms. The van der Waals surface area contributed by atoms with E-state index in [9.17, 15) is 0 Å². The maximum Gasteiger partial charge on any atom is 2.00 e. The van der Waals surface area contributed by atoms with Gasteiger partial charge in [-0.1, -0.05) is 0 Å². The molecule has 0 saturated heterocycles. The summed E-state index contributed by atoms with van der Waals surface area (Å²) in [5.74, 6) is 0. The third kappa shape index (κ3) is 20.1. The van der Waals surface area contributed by atoms with E-state index in [1.165, 1.54) is 0 Å². The van der Waals surface area contributed by atoms with Gasteiger partial charge in [0.1, 0.15) is 0 Å². The Kier molecular flexibility index (Phi) is 25.3. The average Bonchev–Trinajstić information content (AvgIpc) is 3.40. The number of nitrogens with zero attached hydrogens (tertiary/aromatic N) is 4. The third-order valence-corrected chi connectivity index (χ3v) is 1.62. The van der Waals surface area contributed by atoms with Crippen molar-refractivity contribution < 1.29 is 45.2 Å². The maximum atomic E-state index is 3.60. The number of H-pyrrole nitrogens is 4. The molecule has 4 rings (SSSR count). The Balaban J connectivity index is -0.000000222. The molecule has 0 spiro atoms. The van der Waals surface area contributed by atoms with Crippen LogP contribution in [0.4, 0.5) is 0 Å². The van der Waals surface area contributed by atoms with Crippen molar-refractivity contribution in [3.8, 4) is 0 Å². The van der Waals surface area contributed by atoms with Crippen LogP contribution in [0, 0.1) is 0 Å². The van der Waals surface area contributed by atoms with E-state index in [2.05, 4.69) is 40.8 Å². The number of nitrogens with one attached hydrogen (secondary N) is 4. The van der Waals surface area contributed by atoms with Crippen molar-refractivity contribution >= 4 is 0 Å². The van der Waals surface area contributed by atoms with Crippen LogP contribution >= 0.6 is 0 Å². The van der Waals surface area contributed by atoms with Crippen LogP contribution in [0.3, 0.4) is 0 Å². The van der Waals surface area contributed by atoms with E-state index in [4.69, 9.17) is 0 Å². The van der Waals surface area contributed by atoms with Gasteiger partial charge in [-0.2, -0.15) is 20.4 Å². The van der Waals surface area contributed by atoms with E-state index in [0.29, 0.717) is 0 Å². The minimum atomic E-state index is 0. The molecule has 4 aromatic rings. The normalized spacial score (nSPS) is 6.96. The van der Waals surface area contributed by atoms with Gasteiger partial charge in [-0.3, -0.25) is 20.4 Å². The molecule has 0 aromatic carbocycles. The summed E-state index contributed by atoms with van der Waals surface area (Å²) < 4.78 is 0. The molecule has 128 valence electrons. The van der Waals surface area contributed by atoms with Crippen LogP contribution in [0.5, 0.6) is 0 Å². The fraction of sp³-hybridized carbons (Fsp3) is 0. The molecular weight excluding hydrogens is 434 g/mol. The first kappa shape index (κ1) is 26.0. The van der Waals surface area contributed by atoms with E-state index < -0.39 is 0 Å². The zero-order chi connectivity index (χ0) is 14.1. The predicted molar refractivity (Wildman–Crippen MR) is 74.4 cm³/mol. The van der Waals surface area contributed by atoms with Gasteiger partial charge in [0, 0.05) is 49.6 Å². The van der Waals surface area contributed by atoms with Crippen LogP contribution in [-0.2, 0) is 20.4 Å². The molecule has 0 atom stereocenters. The van der Waals surface area contributed by atoms with Gasteiger partial charge in [-0.25, -0.2) is 0 Å². The van der Waals surface area contributed by atoms with Crippen LogP contribution in [0.1, 0.15) is 0 Å². The van der Waals surface area contributed by atoms with Crippen molar-refractivity contribution in [3.05, 3.63) is 73.8 Å².